The van der Waals surface area contributed by atoms with Crippen LogP contribution in [0.25, 0.3) is 0 Å². The van der Waals surface area contributed by atoms with Gasteiger partial charge in [0.2, 0.25) is 0 Å². The fraction of sp³-hybridized carbons (Fsp3) is 0.444. The topological polar surface area (TPSA) is 106 Å². The highest BCUT2D eigenvalue weighted by Crippen LogP contribution is 2.55. The van der Waals surface area contributed by atoms with Gasteiger partial charge in [-0.25, -0.2) is 14.8 Å². The first kappa shape index (κ1) is 25.8. The van der Waals surface area contributed by atoms with Crippen molar-refractivity contribution in [3.8, 4) is 0 Å². The molecule has 3 atom stereocenters. The van der Waals surface area contributed by atoms with E-state index in [0.717, 1.165) is 16.1 Å². The number of ether oxygens (including phenoxy) is 1. The van der Waals surface area contributed by atoms with Crippen LogP contribution >= 0.6 is 11.3 Å². The molecule has 1 aromatic carbocycles. The summed E-state index contributed by atoms with van der Waals surface area (Å²) in [7, 11) is 0. The highest BCUT2D eigenvalue weighted by Gasteiger charge is 2.58. The van der Waals surface area contributed by atoms with Crippen molar-refractivity contribution in [3.05, 3.63) is 76.3 Å². The van der Waals surface area contributed by atoms with Crippen LogP contribution in [0.4, 0.5) is 4.79 Å². The SMILES string of the molecule is CC(C)C[C@]1(OC(=O)O)C[C@H](c2ccncn2)[C@H](c2cncs2)N1C(=O)c1ccc(C(C)(C)C)cc1. The number of hydrogen-bond donors (Lipinski definition) is 1. The van der Waals surface area contributed by atoms with Gasteiger partial charge < -0.3 is 9.84 Å². The summed E-state index contributed by atoms with van der Waals surface area (Å²) >= 11 is 1.43. The molecule has 36 heavy (non-hydrogen) atoms. The number of carbonyl (C=O) groups excluding carboxylic acids is 1. The molecule has 3 aromatic rings. The first-order valence-electron chi connectivity index (χ1n) is 12.0. The van der Waals surface area contributed by atoms with Crippen LogP contribution in [-0.4, -0.2) is 42.7 Å². The molecule has 0 aliphatic carbocycles. The number of hydrogen-bond acceptors (Lipinski definition) is 7. The third kappa shape index (κ3) is 5.11. The minimum Gasteiger partial charge on any atom is -0.450 e. The molecule has 1 saturated heterocycles. The van der Waals surface area contributed by atoms with Gasteiger partial charge in [-0.3, -0.25) is 14.7 Å². The van der Waals surface area contributed by atoms with E-state index < -0.39 is 17.9 Å². The number of benzene rings is 1. The van der Waals surface area contributed by atoms with Gasteiger partial charge in [-0.2, -0.15) is 0 Å². The molecule has 0 saturated carbocycles. The summed E-state index contributed by atoms with van der Waals surface area (Å²) in [5.41, 5.74) is 2.59. The molecule has 1 aliphatic heterocycles. The number of likely N-dealkylation sites (tertiary alicyclic amines) is 1. The van der Waals surface area contributed by atoms with Gasteiger partial charge in [0.15, 0.2) is 5.72 Å². The number of aromatic nitrogens is 3. The molecule has 0 bridgehead atoms. The Bertz CT molecular complexity index is 1190. The van der Waals surface area contributed by atoms with E-state index >= 15 is 0 Å². The van der Waals surface area contributed by atoms with Crippen LogP contribution in [0.15, 0.2) is 54.6 Å². The van der Waals surface area contributed by atoms with Gasteiger partial charge in [0.1, 0.15) is 6.33 Å². The standard InChI is InChI=1S/C27H32N4O4S/c1-17(2)12-27(35-25(33)34)13-20(21-10-11-28-15-30-21)23(22-14-29-16-36-22)31(27)24(32)18-6-8-19(9-7-18)26(3,4)5/h6-11,14-17,20,23H,12-13H2,1-5H3,(H,33,34)/t20-,23-,27+/m1/s1. The lowest BCUT2D eigenvalue weighted by molar-refractivity contribution is -0.108. The zero-order valence-corrected chi connectivity index (χ0v) is 22.0. The van der Waals surface area contributed by atoms with Gasteiger partial charge in [-0.1, -0.05) is 46.8 Å². The molecule has 3 heterocycles. The minimum atomic E-state index is -1.41. The van der Waals surface area contributed by atoms with Crippen LogP contribution < -0.4 is 0 Å². The van der Waals surface area contributed by atoms with Crippen molar-refractivity contribution in [3.63, 3.8) is 0 Å². The zero-order chi connectivity index (χ0) is 26.1. The van der Waals surface area contributed by atoms with E-state index in [1.807, 2.05) is 44.2 Å². The fourth-order valence-corrected chi connectivity index (χ4v) is 5.92. The Balaban J connectivity index is 1.89. The van der Waals surface area contributed by atoms with Crippen LogP contribution in [-0.2, 0) is 10.2 Å². The summed E-state index contributed by atoms with van der Waals surface area (Å²) in [4.78, 5) is 41.6. The van der Waals surface area contributed by atoms with E-state index in [9.17, 15) is 14.7 Å². The molecular formula is C27H32N4O4S. The van der Waals surface area contributed by atoms with Crippen molar-refractivity contribution < 1.29 is 19.4 Å². The monoisotopic (exact) mass is 508 g/mol. The summed E-state index contributed by atoms with van der Waals surface area (Å²) in [5.74, 6) is -0.522. The van der Waals surface area contributed by atoms with E-state index in [-0.39, 0.29) is 29.6 Å². The van der Waals surface area contributed by atoms with Crippen molar-refractivity contribution in [1.82, 2.24) is 19.9 Å². The maximum atomic E-state index is 14.3. The molecule has 0 radical (unpaired) electrons. The normalized spacial score (nSPS) is 22.1. The molecule has 1 fully saturated rings. The number of carboxylic acid groups (broad SMARTS) is 1. The Labute approximate surface area is 215 Å². The third-order valence-electron chi connectivity index (χ3n) is 6.59. The van der Waals surface area contributed by atoms with Crippen molar-refractivity contribution in [2.45, 2.75) is 70.6 Å². The van der Waals surface area contributed by atoms with Crippen LogP contribution in [0, 0.1) is 5.92 Å². The maximum absolute atomic E-state index is 14.3. The lowest BCUT2D eigenvalue weighted by Crippen LogP contribution is -2.51. The second-order valence-corrected chi connectivity index (χ2v) is 11.6. The molecule has 9 heteroatoms. The number of thiazole rings is 1. The quantitative estimate of drug-likeness (QED) is 0.405. The molecule has 4 rings (SSSR count). The first-order chi connectivity index (χ1) is 17.0. The van der Waals surface area contributed by atoms with Gasteiger partial charge in [0, 0.05) is 47.3 Å². The largest absolute Gasteiger partial charge is 0.507 e. The van der Waals surface area contributed by atoms with E-state index in [4.69, 9.17) is 4.74 Å². The average molecular weight is 509 g/mol. The predicted octanol–water partition coefficient (Wildman–Crippen LogP) is 6.04. The lowest BCUT2D eigenvalue weighted by Gasteiger charge is -2.40. The molecule has 2 aromatic heterocycles. The van der Waals surface area contributed by atoms with E-state index in [1.54, 1.807) is 22.8 Å². The lowest BCUT2D eigenvalue weighted by atomic mass is 9.86. The molecule has 0 unspecified atom stereocenters. The first-order valence-corrected chi connectivity index (χ1v) is 12.9. The number of carbonyl (C=O) groups is 2. The van der Waals surface area contributed by atoms with Crippen LogP contribution in [0.5, 0.6) is 0 Å². The van der Waals surface area contributed by atoms with E-state index in [0.29, 0.717) is 12.0 Å². The second kappa shape index (κ2) is 9.97. The van der Waals surface area contributed by atoms with Crippen molar-refractivity contribution >= 4 is 23.4 Å². The summed E-state index contributed by atoms with van der Waals surface area (Å²) in [6.07, 6.45) is 4.08. The van der Waals surface area contributed by atoms with Crippen LogP contribution in [0.1, 0.15) is 85.9 Å². The Morgan fingerprint density at radius 2 is 1.92 bits per heavy atom. The number of rotatable bonds is 6. The molecule has 190 valence electrons. The Morgan fingerprint density at radius 3 is 2.44 bits per heavy atom. The highest BCUT2D eigenvalue weighted by molar-refractivity contribution is 7.09. The van der Waals surface area contributed by atoms with E-state index in [2.05, 4.69) is 35.7 Å². The fourth-order valence-electron chi connectivity index (χ4n) is 5.15. The van der Waals surface area contributed by atoms with Gasteiger partial charge in [0.05, 0.1) is 11.6 Å². The summed E-state index contributed by atoms with van der Waals surface area (Å²) in [6.45, 7) is 10.3. The third-order valence-corrected chi connectivity index (χ3v) is 7.43. The van der Waals surface area contributed by atoms with Gasteiger partial charge >= 0.3 is 6.16 Å². The van der Waals surface area contributed by atoms with Gasteiger partial charge in [0.25, 0.3) is 5.91 Å². The molecular weight excluding hydrogens is 476 g/mol. The maximum Gasteiger partial charge on any atom is 0.507 e. The number of nitrogens with zero attached hydrogens (tertiary/aromatic N) is 4. The molecule has 0 spiro atoms. The van der Waals surface area contributed by atoms with Gasteiger partial charge in [-0.15, -0.1) is 11.3 Å². The summed E-state index contributed by atoms with van der Waals surface area (Å²) in [6, 6.07) is 8.84. The molecule has 1 aliphatic rings. The van der Waals surface area contributed by atoms with Crippen molar-refractivity contribution in [2.75, 3.05) is 0 Å². The molecule has 8 nitrogen and oxygen atoms in total. The minimum absolute atomic E-state index is 0.0632. The Kier molecular flexibility index (Phi) is 7.13. The average Bonchev–Trinajstić information content (AvgIpc) is 3.44. The van der Waals surface area contributed by atoms with Gasteiger partial charge in [-0.05, 0) is 35.1 Å². The van der Waals surface area contributed by atoms with E-state index in [1.165, 1.54) is 17.7 Å². The summed E-state index contributed by atoms with van der Waals surface area (Å²) < 4.78 is 5.69. The zero-order valence-electron chi connectivity index (χ0n) is 21.2. The smallest absolute Gasteiger partial charge is 0.450 e. The Hall–Kier alpha value is -3.33. The Morgan fingerprint density at radius 1 is 1.19 bits per heavy atom. The molecule has 1 N–H and O–H groups in total. The summed E-state index contributed by atoms with van der Waals surface area (Å²) in [5, 5.41) is 9.83. The number of amides is 1. The highest BCUT2D eigenvalue weighted by atomic mass is 32.1. The van der Waals surface area contributed by atoms with Crippen molar-refractivity contribution in [2.24, 2.45) is 5.92 Å². The van der Waals surface area contributed by atoms with Crippen LogP contribution in [0.2, 0.25) is 0 Å². The predicted molar refractivity (Wildman–Crippen MR) is 137 cm³/mol. The van der Waals surface area contributed by atoms with Crippen LogP contribution in [0.3, 0.4) is 0 Å². The van der Waals surface area contributed by atoms with Crippen molar-refractivity contribution in [1.29, 1.82) is 0 Å². The molecule has 1 amide bonds. The second-order valence-electron chi connectivity index (χ2n) is 10.7.